The van der Waals surface area contributed by atoms with Crippen molar-refractivity contribution in [3.63, 3.8) is 0 Å². The highest BCUT2D eigenvalue weighted by Gasteiger charge is 2.20. The van der Waals surface area contributed by atoms with Gasteiger partial charge in [0, 0.05) is 17.4 Å². The predicted molar refractivity (Wildman–Crippen MR) is 121 cm³/mol. The van der Waals surface area contributed by atoms with E-state index in [9.17, 15) is 18.5 Å². The van der Waals surface area contributed by atoms with Crippen molar-refractivity contribution in [1.29, 1.82) is 5.26 Å². The van der Waals surface area contributed by atoms with Crippen LogP contribution in [0, 0.1) is 32.1 Å². The van der Waals surface area contributed by atoms with Crippen molar-refractivity contribution < 1.29 is 17.7 Å². The molecule has 9 nitrogen and oxygen atoms in total. The van der Waals surface area contributed by atoms with Crippen molar-refractivity contribution in [2.75, 3.05) is 10.0 Å². The molecular formula is C21H21N5O4S2. The number of hydrogen-bond donors (Lipinski definition) is 2. The molecule has 0 aliphatic heterocycles. The van der Waals surface area contributed by atoms with Gasteiger partial charge in [0.15, 0.2) is 5.82 Å². The summed E-state index contributed by atoms with van der Waals surface area (Å²) in [5.41, 5.74) is 2.46. The van der Waals surface area contributed by atoms with Gasteiger partial charge in [-0.05, 0) is 63.6 Å². The molecule has 32 heavy (non-hydrogen) atoms. The predicted octanol–water partition coefficient (Wildman–Crippen LogP) is 3.79. The summed E-state index contributed by atoms with van der Waals surface area (Å²) in [7, 11) is -3.85. The van der Waals surface area contributed by atoms with E-state index < -0.39 is 15.3 Å². The normalized spacial score (nSPS) is 12.1. The van der Waals surface area contributed by atoms with Gasteiger partial charge in [0.2, 0.25) is 5.91 Å². The summed E-state index contributed by atoms with van der Waals surface area (Å²) in [5, 5.41) is 15.7. The number of thioether (sulfide) groups is 1. The number of amides is 1. The molecule has 1 aromatic carbocycles. The average molecular weight is 472 g/mol. The molecule has 2 heterocycles. The van der Waals surface area contributed by atoms with E-state index in [2.05, 4.69) is 26.2 Å². The fraction of sp³-hybridized carbons (Fsp3) is 0.238. The number of nitrogens with zero attached hydrogens (tertiary/aromatic N) is 3. The van der Waals surface area contributed by atoms with Gasteiger partial charge in [-0.25, -0.2) is 13.4 Å². The van der Waals surface area contributed by atoms with Gasteiger partial charge in [-0.1, -0.05) is 16.9 Å². The van der Waals surface area contributed by atoms with Gasteiger partial charge in [0.25, 0.3) is 10.0 Å². The van der Waals surface area contributed by atoms with Crippen LogP contribution in [0.3, 0.4) is 0 Å². The maximum absolute atomic E-state index is 12.6. The Balaban J connectivity index is 1.67. The van der Waals surface area contributed by atoms with Crippen LogP contribution < -0.4 is 10.0 Å². The molecule has 11 heteroatoms. The molecule has 2 aromatic heterocycles. The second-order valence-electron chi connectivity index (χ2n) is 7.07. The van der Waals surface area contributed by atoms with Crippen LogP contribution in [-0.4, -0.2) is 29.7 Å². The zero-order valence-corrected chi connectivity index (χ0v) is 19.5. The highest BCUT2D eigenvalue weighted by molar-refractivity contribution is 8.00. The van der Waals surface area contributed by atoms with Crippen molar-refractivity contribution in [2.45, 2.75) is 42.9 Å². The minimum atomic E-state index is -3.85. The highest BCUT2D eigenvalue weighted by Crippen LogP contribution is 2.28. The molecule has 0 fully saturated rings. The number of pyridine rings is 1. The van der Waals surface area contributed by atoms with Gasteiger partial charge in [-0.2, -0.15) is 5.26 Å². The van der Waals surface area contributed by atoms with E-state index in [0.29, 0.717) is 22.0 Å². The average Bonchev–Trinajstić information content (AvgIpc) is 3.12. The van der Waals surface area contributed by atoms with E-state index in [1.54, 1.807) is 13.8 Å². The molecular weight excluding hydrogens is 450 g/mol. The third-order valence-electron chi connectivity index (χ3n) is 4.38. The largest absolute Gasteiger partial charge is 0.360 e. The summed E-state index contributed by atoms with van der Waals surface area (Å²) in [4.78, 5) is 17.0. The molecule has 3 rings (SSSR count). The Morgan fingerprint density at radius 2 is 1.88 bits per heavy atom. The monoisotopic (exact) mass is 471 g/mol. The number of nitriles is 1. The standard InChI is InChI=1S/C21H21N5O4S2/c1-12-9-13(2)23-21(18(12)11-22)31-15(4)20(27)24-16-5-7-17(8-6-16)32(28,29)26-19-10-14(3)30-25-19/h5-10,15H,1-4H3,(H,24,27)(H,25,26). The number of sulfonamides is 1. The van der Waals surface area contributed by atoms with Crippen molar-refractivity contribution in [2.24, 2.45) is 0 Å². The number of aryl methyl sites for hydroxylation is 3. The number of benzene rings is 1. The van der Waals surface area contributed by atoms with E-state index in [4.69, 9.17) is 4.52 Å². The molecule has 0 radical (unpaired) electrons. The van der Waals surface area contributed by atoms with E-state index in [1.807, 2.05) is 19.9 Å². The van der Waals surface area contributed by atoms with Gasteiger partial charge >= 0.3 is 0 Å². The maximum atomic E-state index is 12.6. The number of nitrogens with one attached hydrogen (secondary N) is 2. The van der Waals surface area contributed by atoms with Crippen molar-refractivity contribution in [3.8, 4) is 6.07 Å². The molecule has 1 atom stereocenters. The maximum Gasteiger partial charge on any atom is 0.263 e. The Bertz CT molecular complexity index is 1290. The molecule has 2 N–H and O–H groups in total. The lowest BCUT2D eigenvalue weighted by molar-refractivity contribution is -0.115. The van der Waals surface area contributed by atoms with Gasteiger partial charge in [0.05, 0.1) is 15.7 Å². The molecule has 0 bridgehead atoms. The van der Waals surface area contributed by atoms with Crippen LogP contribution in [-0.2, 0) is 14.8 Å². The second kappa shape index (κ2) is 9.42. The Hall–Kier alpha value is -3.36. The zero-order valence-electron chi connectivity index (χ0n) is 17.8. The summed E-state index contributed by atoms with van der Waals surface area (Å²) in [6, 6.07) is 11.2. The lowest BCUT2D eigenvalue weighted by atomic mass is 10.1. The van der Waals surface area contributed by atoms with Crippen molar-refractivity contribution in [3.05, 3.63) is 59.0 Å². The second-order valence-corrected chi connectivity index (χ2v) is 10.1. The quantitative estimate of drug-likeness (QED) is 0.496. The van der Waals surface area contributed by atoms with Crippen LogP contribution in [0.1, 0.15) is 29.5 Å². The van der Waals surface area contributed by atoms with Gasteiger partial charge in [-0.3, -0.25) is 9.52 Å². The number of carbonyl (C=O) groups is 1. The van der Waals surface area contributed by atoms with E-state index >= 15 is 0 Å². The number of hydrogen-bond acceptors (Lipinski definition) is 8. The first-order valence-corrected chi connectivity index (χ1v) is 11.9. The molecule has 0 saturated heterocycles. The van der Waals surface area contributed by atoms with Crippen LogP contribution in [0.2, 0.25) is 0 Å². The van der Waals surface area contributed by atoms with E-state index in [0.717, 1.165) is 11.3 Å². The smallest absolute Gasteiger partial charge is 0.263 e. The number of rotatable bonds is 7. The molecule has 3 aromatic rings. The lowest BCUT2D eigenvalue weighted by Crippen LogP contribution is -2.22. The van der Waals surface area contributed by atoms with Crippen LogP contribution in [0.25, 0.3) is 0 Å². The minimum Gasteiger partial charge on any atom is -0.360 e. The highest BCUT2D eigenvalue weighted by atomic mass is 32.2. The van der Waals surface area contributed by atoms with Crippen LogP contribution in [0.5, 0.6) is 0 Å². The fourth-order valence-electron chi connectivity index (χ4n) is 2.82. The molecule has 0 spiro atoms. The topological polar surface area (TPSA) is 138 Å². The fourth-order valence-corrected chi connectivity index (χ4v) is 4.82. The van der Waals surface area contributed by atoms with Crippen LogP contribution >= 0.6 is 11.8 Å². The van der Waals surface area contributed by atoms with E-state index in [1.165, 1.54) is 42.1 Å². The summed E-state index contributed by atoms with van der Waals surface area (Å²) in [5.74, 6) is 0.264. The third kappa shape index (κ3) is 5.46. The SMILES string of the molecule is Cc1cc(C)c(C#N)c(SC(C)C(=O)Nc2ccc(S(=O)(=O)Nc3cc(C)on3)cc2)n1. The summed E-state index contributed by atoms with van der Waals surface area (Å²) in [6.45, 7) is 7.02. The van der Waals surface area contributed by atoms with Gasteiger partial charge in [-0.15, -0.1) is 0 Å². The summed E-state index contributed by atoms with van der Waals surface area (Å²) < 4.78 is 32.1. The Morgan fingerprint density at radius 1 is 1.19 bits per heavy atom. The molecule has 0 aliphatic rings. The summed E-state index contributed by atoms with van der Waals surface area (Å²) >= 11 is 1.19. The molecule has 0 saturated carbocycles. The van der Waals surface area contributed by atoms with E-state index in [-0.39, 0.29) is 16.6 Å². The van der Waals surface area contributed by atoms with Gasteiger partial charge in [0.1, 0.15) is 16.9 Å². The number of anilines is 2. The first-order valence-electron chi connectivity index (χ1n) is 9.51. The van der Waals surface area contributed by atoms with Crippen molar-refractivity contribution >= 4 is 39.2 Å². The number of aromatic nitrogens is 2. The number of carbonyl (C=O) groups excluding carboxylic acids is 1. The van der Waals surface area contributed by atoms with Crippen molar-refractivity contribution in [1.82, 2.24) is 10.1 Å². The molecule has 1 unspecified atom stereocenters. The minimum absolute atomic E-state index is 0.0108. The Labute approximate surface area is 190 Å². The first kappa shape index (κ1) is 23.3. The Kier molecular flexibility index (Phi) is 6.86. The van der Waals surface area contributed by atoms with Crippen LogP contribution in [0.15, 0.2) is 50.8 Å². The lowest BCUT2D eigenvalue weighted by Gasteiger charge is -2.14. The summed E-state index contributed by atoms with van der Waals surface area (Å²) in [6.07, 6.45) is 0. The molecule has 1 amide bonds. The first-order chi connectivity index (χ1) is 15.1. The zero-order chi connectivity index (χ0) is 23.5. The Morgan fingerprint density at radius 3 is 2.47 bits per heavy atom. The van der Waals surface area contributed by atoms with Gasteiger partial charge < -0.3 is 9.84 Å². The third-order valence-corrected chi connectivity index (χ3v) is 6.84. The molecule has 166 valence electrons. The molecule has 0 aliphatic carbocycles. The van der Waals surface area contributed by atoms with Crippen LogP contribution in [0.4, 0.5) is 11.5 Å².